The second-order valence-electron chi connectivity index (χ2n) is 7.64. The number of carbonyl (C=O) groups excluding carboxylic acids is 1. The first-order chi connectivity index (χ1) is 14.7. The summed E-state index contributed by atoms with van der Waals surface area (Å²) in [5.41, 5.74) is 4.91. The van der Waals surface area contributed by atoms with Crippen LogP contribution in [0, 0.1) is 6.92 Å². The van der Waals surface area contributed by atoms with Crippen LogP contribution >= 0.6 is 0 Å². The van der Waals surface area contributed by atoms with E-state index in [1.807, 2.05) is 67.6 Å². The van der Waals surface area contributed by atoms with Crippen molar-refractivity contribution in [3.8, 4) is 0 Å². The van der Waals surface area contributed by atoms with Gasteiger partial charge in [-0.25, -0.2) is 4.98 Å². The zero-order valence-corrected chi connectivity index (χ0v) is 17.5. The molecule has 3 aromatic carbocycles. The maximum absolute atomic E-state index is 13.2. The van der Waals surface area contributed by atoms with Crippen LogP contribution in [0.3, 0.4) is 0 Å². The van der Waals surface area contributed by atoms with E-state index >= 15 is 0 Å². The highest BCUT2D eigenvalue weighted by molar-refractivity contribution is 5.95. The second kappa shape index (κ2) is 8.95. The van der Waals surface area contributed by atoms with Crippen molar-refractivity contribution in [2.24, 2.45) is 0 Å². The van der Waals surface area contributed by atoms with Gasteiger partial charge in [0.25, 0.3) is 5.91 Å². The van der Waals surface area contributed by atoms with Crippen molar-refractivity contribution in [1.82, 2.24) is 14.9 Å². The molecule has 152 valence electrons. The van der Waals surface area contributed by atoms with Crippen molar-refractivity contribution in [3.63, 3.8) is 0 Å². The highest BCUT2D eigenvalue weighted by Gasteiger charge is 2.23. The molecule has 1 unspecified atom stereocenters. The fourth-order valence-electron chi connectivity index (χ4n) is 3.94. The van der Waals surface area contributed by atoms with Crippen LogP contribution in [0.15, 0.2) is 78.9 Å². The van der Waals surface area contributed by atoms with E-state index in [1.54, 1.807) is 0 Å². The Balaban J connectivity index is 1.76. The van der Waals surface area contributed by atoms with E-state index in [4.69, 9.17) is 4.98 Å². The minimum Gasteiger partial charge on any atom is -0.342 e. The van der Waals surface area contributed by atoms with E-state index in [9.17, 15) is 4.79 Å². The molecule has 1 atom stereocenters. The third kappa shape index (κ3) is 4.13. The highest BCUT2D eigenvalue weighted by Crippen LogP contribution is 2.25. The van der Waals surface area contributed by atoms with Crippen LogP contribution in [-0.2, 0) is 13.0 Å². The largest absolute Gasteiger partial charge is 0.342 e. The molecule has 4 nitrogen and oxygen atoms in total. The number of carbonyl (C=O) groups is 1. The summed E-state index contributed by atoms with van der Waals surface area (Å²) >= 11 is 0. The fourth-order valence-corrected chi connectivity index (χ4v) is 3.94. The third-order valence-electron chi connectivity index (χ3n) is 5.42. The zero-order chi connectivity index (χ0) is 20.9. The average molecular weight is 398 g/mol. The number of imidazole rings is 1. The van der Waals surface area contributed by atoms with Crippen molar-refractivity contribution < 1.29 is 4.79 Å². The molecule has 0 radical (unpaired) electrons. The molecule has 1 aromatic heterocycles. The van der Waals surface area contributed by atoms with Gasteiger partial charge in [-0.1, -0.05) is 67.6 Å². The molecule has 4 rings (SSSR count). The van der Waals surface area contributed by atoms with Gasteiger partial charge in [0.2, 0.25) is 0 Å². The lowest BCUT2D eigenvalue weighted by Gasteiger charge is -2.21. The Morgan fingerprint density at radius 2 is 1.67 bits per heavy atom. The number of nitrogens with one attached hydrogen (secondary N) is 1. The van der Waals surface area contributed by atoms with E-state index in [0.717, 1.165) is 35.4 Å². The van der Waals surface area contributed by atoms with Gasteiger partial charge in [0.15, 0.2) is 0 Å². The van der Waals surface area contributed by atoms with Crippen LogP contribution in [0.25, 0.3) is 11.0 Å². The van der Waals surface area contributed by atoms with Crippen LogP contribution in [0.4, 0.5) is 0 Å². The summed E-state index contributed by atoms with van der Waals surface area (Å²) < 4.78 is 2.25. The summed E-state index contributed by atoms with van der Waals surface area (Å²) in [6.07, 6.45) is 1.68. The molecule has 4 heteroatoms. The molecule has 1 heterocycles. The number of benzene rings is 3. The van der Waals surface area contributed by atoms with Gasteiger partial charge in [0.05, 0.1) is 17.1 Å². The summed E-state index contributed by atoms with van der Waals surface area (Å²) in [5, 5.41) is 3.28. The molecule has 0 bridgehead atoms. The molecule has 0 saturated carbocycles. The van der Waals surface area contributed by atoms with Crippen LogP contribution in [0.2, 0.25) is 0 Å². The Kier molecular flexibility index (Phi) is 5.94. The van der Waals surface area contributed by atoms with E-state index in [2.05, 4.69) is 35.0 Å². The third-order valence-corrected chi connectivity index (χ3v) is 5.42. The quantitative estimate of drug-likeness (QED) is 0.450. The topological polar surface area (TPSA) is 46.9 Å². The standard InChI is InChI=1S/C26H27N3O/c1-3-17-29-24-16-10-9-15-22(24)27-25(29)23(18-20-12-5-4-6-13-20)28-26(30)21-14-8-7-11-19(21)2/h4-16,23H,3,17-18H2,1-2H3,(H,28,30). The number of nitrogens with zero attached hydrogens (tertiary/aromatic N) is 2. The van der Waals surface area contributed by atoms with Crippen molar-refractivity contribution in [2.75, 3.05) is 0 Å². The van der Waals surface area contributed by atoms with Gasteiger partial charge in [-0.2, -0.15) is 0 Å². The molecule has 0 spiro atoms. The first-order valence-corrected chi connectivity index (χ1v) is 10.5. The van der Waals surface area contributed by atoms with E-state index in [-0.39, 0.29) is 11.9 Å². The number of rotatable bonds is 7. The van der Waals surface area contributed by atoms with Gasteiger partial charge >= 0.3 is 0 Å². The molecule has 4 aromatic rings. The number of aryl methyl sites for hydroxylation is 2. The van der Waals surface area contributed by atoms with Gasteiger partial charge < -0.3 is 9.88 Å². The van der Waals surface area contributed by atoms with Crippen LogP contribution in [0.5, 0.6) is 0 Å². The predicted octanol–water partition coefficient (Wildman–Crippen LogP) is 5.47. The highest BCUT2D eigenvalue weighted by atomic mass is 16.1. The number of amides is 1. The molecule has 1 amide bonds. The number of aromatic nitrogens is 2. The summed E-state index contributed by atoms with van der Waals surface area (Å²) in [4.78, 5) is 18.1. The lowest BCUT2D eigenvalue weighted by atomic mass is 10.0. The Labute approximate surface area is 177 Å². The summed E-state index contributed by atoms with van der Waals surface area (Å²) in [6, 6.07) is 25.9. The molecular formula is C26H27N3O. The van der Waals surface area contributed by atoms with Gasteiger partial charge in [-0.3, -0.25) is 4.79 Å². The number of para-hydroxylation sites is 2. The normalized spacial score (nSPS) is 12.1. The number of hydrogen-bond donors (Lipinski definition) is 1. The monoisotopic (exact) mass is 397 g/mol. The van der Waals surface area contributed by atoms with Crippen molar-refractivity contribution in [3.05, 3.63) is 101 Å². The lowest BCUT2D eigenvalue weighted by Crippen LogP contribution is -2.32. The number of hydrogen-bond acceptors (Lipinski definition) is 2. The average Bonchev–Trinajstić information content (AvgIpc) is 3.13. The second-order valence-corrected chi connectivity index (χ2v) is 7.64. The summed E-state index contributed by atoms with van der Waals surface area (Å²) in [5.74, 6) is 0.841. The fraction of sp³-hybridized carbons (Fsp3) is 0.231. The van der Waals surface area contributed by atoms with Crippen LogP contribution < -0.4 is 5.32 Å². The van der Waals surface area contributed by atoms with Crippen LogP contribution in [0.1, 0.15) is 46.7 Å². The summed E-state index contributed by atoms with van der Waals surface area (Å²) in [6.45, 7) is 4.99. The maximum Gasteiger partial charge on any atom is 0.252 e. The lowest BCUT2D eigenvalue weighted by molar-refractivity contribution is 0.0933. The van der Waals surface area contributed by atoms with Gasteiger partial charge in [-0.05, 0) is 49.1 Å². The van der Waals surface area contributed by atoms with E-state index < -0.39 is 0 Å². The predicted molar refractivity (Wildman–Crippen MR) is 122 cm³/mol. The van der Waals surface area contributed by atoms with Gasteiger partial charge in [0.1, 0.15) is 5.82 Å². The molecule has 0 aliphatic carbocycles. The van der Waals surface area contributed by atoms with E-state index in [0.29, 0.717) is 12.0 Å². The van der Waals surface area contributed by atoms with Gasteiger partial charge in [-0.15, -0.1) is 0 Å². The number of fused-ring (bicyclic) bond motifs is 1. The minimum absolute atomic E-state index is 0.0656. The smallest absolute Gasteiger partial charge is 0.252 e. The molecular weight excluding hydrogens is 370 g/mol. The van der Waals surface area contributed by atoms with Crippen molar-refractivity contribution >= 4 is 16.9 Å². The maximum atomic E-state index is 13.2. The minimum atomic E-state index is -0.224. The van der Waals surface area contributed by atoms with Crippen molar-refractivity contribution in [2.45, 2.75) is 39.3 Å². The Bertz CT molecular complexity index is 1150. The SMILES string of the molecule is CCCn1c(C(Cc2ccccc2)NC(=O)c2ccccc2C)nc2ccccc21. The first kappa shape index (κ1) is 19.9. The van der Waals surface area contributed by atoms with Crippen LogP contribution in [-0.4, -0.2) is 15.5 Å². The molecule has 0 aliphatic rings. The Hall–Kier alpha value is -3.40. The molecule has 0 saturated heterocycles. The van der Waals surface area contributed by atoms with Gasteiger partial charge in [0, 0.05) is 12.1 Å². The molecule has 30 heavy (non-hydrogen) atoms. The first-order valence-electron chi connectivity index (χ1n) is 10.5. The molecule has 1 N–H and O–H groups in total. The Morgan fingerprint density at radius 3 is 2.43 bits per heavy atom. The molecule has 0 aliphatic heterocycles. The van der Waals surface area contributed by atoms with Crippen molar-refractivity contribution in [1.29, 1.82) is 0 Å². The van der Waals surface area contributed by atoms with E-state index in [1.165, 1.54) is 5.56 Å². The Morgan fingerprint density at radius 1 is 0.967 bits per heavy atom. The summed E-state index contributed by atoms with van der Waals surface area (Å²) in [7, 11) is 0. The zero-order valence-electron chi connectivity index (χ0n) is 17.5. The molecule has 0 fully saturated rings.